The molecule has 3 rings (SSSR count). The molecule has 0 N–H and O–H groups in total. The smallest absolute Gasteiger partial charge is 0.0964 e. The van der Waals surface area contributed by atoms with Crippen LogP contribution >= 0.6 is 18.8 Å². The predicted octanol–water partition coefficient (Wildman–Crippen LogP) is 4.16. The van der Waals surface area contributed by atoms with Gasteiger partial charge in [-0.2, -0.15) is 0 Å². The van der Waals surface area contributed by atoms with Crippen LogP contribution in [-0.4, -0.2) is 9.97 Å². The first kappa shape index (κ1) is 12.8. The van der Waals surface area contributed by atoms with Gasteiger partial charge < -0.3 is 0 Å². The van der Waals surface area contributed by atoms with Crippen LogP contribution in [0.3, 0.4) is 0 Å². The van der Waals surface area contributed by atoms with E-state index >= 15 is 0 Å². The third-order valence-electron chi connectivity index (χ3n) is 2.34. The van der Waals surface area contributed by atoms with Gasteiger partial charge in [-0.15, -0.1) is 0 Å². The number of hydrogen-bond donors (Lipinski definition) is 0. The molecule has 3 aromatic rings. The van der Waals surface area contributed by atoms with Gasteiger partial charge in [-0.05, 0) is 12.1 Å². The molecular formula is C12H8Cl2MoN2. The van der Waals surface area contributed by atoms with Gasteiger partial charge in [0.15, 0.2) is 0 Å². The van der Waals surface area contributed by atoms with Crippen molar-refractivity contribution in [3.63, 3.8) is 0 Å². The van der Waals surface area contributed by atoms with Crippen molar-refractivity contribution in [2.75, 3.05) is 0 Å². The van der Waals surface area contributed by atoms with Crippen molar-refractivity contribution in [3.05, 3.63) is 48.8 Å². The van der Waals surface area contributed by atoms with E-state index < -0.39 is 16.5 Å². The third-order valence-corrected chi connectivity index (χ3v) is 2.34. The first-order valence-electron chi connectivity index (χ1n) is 4.84. The number of rotatable bonds is 0. The van der Waals surface area contributed by atoms with E-state index in [4.69, 9.17) is 18.8 Å². The van der Waals surface area contributed by atoms with Gasteiger partial charge in [0.1, 0.15) is 0 Å². The van der Waals surface area contributed by atoms with Crippen molar-refractivity contribution >= 4 is 40.6 Å². The number of halogens is 2. The van der Waals surface area contributed by atoms with Crippen LogP contribution in [0.15, 0.2) is 48.8 Å². The molecule has 0 aliphatic rings. The minimum atomic E-state index is -0.586. The number of pyridine rings is 2. The normalized spacial score (nSPS) is 10.0. The summed E-state index contributed by atoms with van der Waals surface area (Å²) >= 11 is -0.586. The zero-order valence-electron chi connectivity index (χ0n) is 8.68. The topological polar surface area (TPSA) is 25.8 Å². The monoisotopic (exact) mass is 348 g/mol. The number of aromatic nitrogens is 2. The van der Waals surface area contributed by atoms with Crippen LogP contribution in [0, 0.1) is 0 Å². The van der Waals surface area contributed by atoms with Crippen LogP contribution in [0.1, 0.15) is 0 Å². The number of nitrogens with zero attached hydrogens (tertiary/aromatic N) is 2. The van der Waals surface area contributed by atoms with E-state index in [-0.39, 0.29) is 0 Å². The Hall–Kier alpha value is -0.692. The summed E-state index contributed by atoms with van der Waals surface area (Å²) in [7, 11) is 9.79. The molecule has 2 nitrogen and oxygen atoms in total. The largest absolute Gasteiger partial charge is 0.254 e. The summed E-state index contributed by atoms with van der Waals surface area (Å²) in [6.07, 6.45) is 3.60. The molecule has 0 aliphatic carbocycles. The molecule has 5 heteroatoms. The van der Waals surface area contributed by atoms with Gasteiger partial charge in [0.05, 0.1) is 11.0 Å². The Morgan fingerprint density at radius 3 is 1.59 bits per heavy atom. The van der Waals surface area contributed by atoms with Crippen molar-refractivity contribution in [1.82, 2.24) is 9.97 Å². The summed E-state index contributed by atoms with van der Waals surface area (Å²) in [5.41, 5.74) is 1.95. The molecule has 0 bridgehead atoms. The quantitative estimate of drug-likeness (QED) is 0.451. The maximum atomic E-state index is 4.89. The summed E-state index contributed by atoms with van der Waals surface area (Å²) in [5, 5.41) is 2.28. The van der Waals surface area contributed by atoms with Gasteiger partial charge in [0.25, 0.3) is 0 Å². The molecule has 0 unspecified atom stereocenters. The molecule has 86 valence electrons. The van der Waals surface area contributed by atoms with Crippen molar-refractivity contribution in [1.29, 1.82) is 0 Å². The predicted molar refractivity (Wildman–Crippen MR) is 68.8 cm³/mol. The maximum absolute atomic E-state index is 4.89. The van der Waals surface area contributed by atoms with Crippen LogP contribution in [0.2, 0.25) is 0 Å². The second kappa shape index (κ2) is 6.30. The maximum Gasteiger partial charge on any atom is 0.0964 e. The average Bonchev–Trinajstić information content (AvgIpc) is 2.40. The summed E-state index contributed by atoms with van der Waals surface area (Å²) < 4.78 is 0. The Labute approximate surface area is 115 Å². The fourth-order valence-corrected chi connectivity index (χ4v) is 1.68. The van der Waals surface area contributed by atoms with Crippen LogP contribution in [0.25, 0.3) is 21.8 Å². The molecule has 2 heterocycles. The van der Waals surface area contributed by atoms with Gasteiger partial charge in [-0.25, -0.2) is 0 Å². The number of hydrogen-bond acceptors (Lipinski definition) is 2. The zero-order chi connectivity index (χ0) is 12.1. The summed E-state index contributed by atoms with van der Waals surface area (Å²) in [4.78, 5) is 8.69. The number of fused-ring (bicyclic) bond motifs is 3. The van der Waals surface area contributed by atoms with E-state index in [1.54, 1.807) is 12.4 Å². The van der Waals surface area contributed by atoms with E-state index in [2.05, 4.69) is 34.2 Å². The zero-order valence-corrected chi connectivity index (χ0v) is 12.2. The van der Waals surface area contributed by atoms with Gasteiger partial charge in [0.2, 0.25) is 0 Å². The van der Waals surface area contributed by atoms with E-state index in [9.17, 15) is 0 Å². The molecule has 0 atom stereocenters. The molecule has 0 aliphatic heterocycles. The molecule has 0 saturated heterocycles. The molecule has 0 spiro atoms. The molecule has 2 aromatic heterocycles. The number of benzene rings is 1. The van der Waals surface area contributed by atoms with Crippen molar-refractivity contribution < 1.29 is 16.5 Å². The third kappa shape index (κ3) is 2.95. The molecule has 1 aromatic carbocycles. The van der Waals surface area contributed by atoms with Crippen LogP contribution < -0.4 is 0 Å². The Morgan fingerprint density at radius 2 is 1.18 bits per heavy atom. The average molecular weight is 347 g/mol. The van der Waals surface area contributed by atoms with Gasteiger partial charge in [-0.3, -0.25) is 9.97 Å². The van der Waals surface area contributed by atoms with E-state index in [0.717, 1.165) is 21.8 Å². The summed E-state index contributed by atoms with van der Waals surface area (Å²) in [6.45, 7) is 0. The molecule has 0 fully saturated rings. The van der Waals surface area contributed by atoms with Crippen molar-refractivity contribution in [3.8, 4) is 0 Å². The van der Waals surface area contributed by atoms with Crippen LogP contribution in [0.4, 0.5) is 0 Å². The fourth-order valence-electron chi connectivity index (χ4n) is 1.68. The molecule has 0 amide bonds. The molecule has 17 heavy (non-hydrogen) atoms. The Kier molecular flexibility index (Phi) is 4.73. The Morgan fingerprint density at radius 1 is 0.765 bits per heavy atom. The summed E-state index contributed by atoms with van der Waals surface area (Å²) in [6, 6.07) is 12.1. The second-order valence-corrected chi connectivity index (χ2v) is 6.32. The molecular weight excluding hydrogens is 339 g/mol. The Balaban J connectivity index is 0.000000329. The Bertz CT molecular complexity index is 576. The van der Waals surface area contributed by atoms with E-state index in [1.807, 2.05) is 12.1 Å². The van der Waals surface area contributed by atoms with Crippen LogP contribution in [0.5, 0.6) is 0 Å². The molecule has 0 saturated carbocycles. The minimum absolute atomic E-state index is 0.586. The first-order valence-corrected chi connectivity index (χ1v) is 10.0. The van der Waals surface area contributed by atoms with E-state index in [0.29, 0.717) is 0 Å². The second-order valence-electron chi connectivity index (χ2n) is 3.27. The fraction of sp³-hybridized carbons (Fsp3) is 0. The standard InChI is InChI=1S/C12H8N2.2ClH.Mo/c1-3-9-5-6-10-4-2-8-14-12(10)11(9)13-7-1;;;/h1-8H;2*1H;/q;;;+2/p-2. The SMILES string of the molecule is [Cl][Mo][Cl].c1cnc2c(c1)ccc1cccnc12. The molecule has 0 radical (unpaired) electrons. The van der Waals surface area contributed by atoms with Gasteiger partial charge >= 0.3 is 35.3 Å². The van der Waals surface area contributed by atoms with Crippen molar-refractivity contribution in [2.24, 2.45) is 0 Å². The van der Waals surface area contributed by atoms with Crippen molar-refractivity contribution in [2.45, 2.75) is 0 Å². The first-order chi connectivity index (χ1) is 8.36. The van der Waals surface area contributed by atoms with Gasteiger partial charge in [0, 0.05) is 23.2 Å². The minimum Gasteiger partial charge on any atom is -0.254 e. The summed E-state index contributed by atoms with van der Waals surface area (Å²) in [5.74, 6) is 0. The van der Waals surface area contributed by atoms with Gasteiger partial charge in [-0.1, -0.05) is 24.3 Å². The van der Waals surface area contributed by atoms with Crippen LogP contribution in [-0.2, 0) is 16.5 Å². The van der Waals surface area contributed by atoms with E-state index in [1.165, 1.54) is 0 Å².